The maximum atomic E-state index is 3.67. The van der Waals surface area contributed by atoms with Gasteiger partial charge in [0, 0.05) is 0 Å². The molecule has 1 aromatic carbocycles. The first-order valence-electron chi connectivity index (χ1n) is 5.68. The summed E-state index contributed by atoms with van der Waals surface area (Å²) >= 11 is 0. The summed E-state index contributed by atoms with van der Waals surface area (Å²) in [5, 5.41) is 0. The molecule has 0 aliphatic carbocycles. The van der Waals surface area contributed by atoms with Gasteiger partial charge in [0.15, 0.2) is 0 Å². The van der Waals surface area contributed by atoms with Crippen molar-refractivity contribution in [2.75, 3.05) is 0 Å². The van der Waals surface area contributed by atoms with E-state index in [4.69, 9.17) is 0 Å². The maximum Gasteiger partial charge on any atom is 2.00 e. The molecule has 0 spiro atoms. The van der Waals surface area contributed by atoms with Crippen molar-refractivity contribution in [2.45, 2.75) is 47.0 Å². The first kappa shape index (κ1) is 26.2. The molecule has 0 aromatic heterocycles. The van der Waals surface area contributed by atoms with Gasteiger partial charge in [-0.25, -0.2) is 0 Å². The summed E-state index contributed by atoms with van der Waals surface area (Å²) in [4.78, 5) is 0. The molecule has 1 rings (SSSR count). The van der Waals surface area contributed by atoms with Crippen LogP contribution in [0, 0.1) is 21.8 Å². The van der Waals surface area contributed by atoms with Crippen LogP contribution in [-0.2, 0) is 19.5 Å². The zero-order valence-electron chi connectivity index (χ0n) is 13.2. The Morgan fingerprint density at radius 1 is 1.11 bits per heavy atom. The summed E-state index contributed by atoms with van der Waals surface area (Å²) in [6.07, 6.45) is 1.11. The Hall–Kier alpha value is -0.417. The van der Waals surface area contributed by atoms with E-state index in [1.807, 2.05) is 6.92 Å². The molecule has 0 saturated carbocycles. The number of rotatable bonds is 2. The van der Waals surface area contributed by atoms with E-state index >= 15 is 0 Å². The molecule has 0 N–H and O–H groups in total. The van der Waals surface area contributed by atoms with Crippen molar-refractivity contribution >= 4 is 0 Å². The van der Waals surface area contributed by atoms with Gasteiger partial charge >= 0.3 is 19.5 Å². The minimum Gasteiger partial charge on any atom is -0.358 e. The molecule has 0 atom stereocenters. The fraction of sp³-hybridized carbons (Fsp3) is 0.412. The van der Waals surface area contributed by atoms with Crippen LogP contribution in [0.1, 0.15) is 51.2 Å². The van der Waals surface area contributed by atoms with E-state index in [1.54, 1.807) is 0 Å². The monoisotopic (exact) mass is 336 g/mol. The normalized spacial score (nSPS) is 7.89. The molecule has 0 unspecified atom stereocenters. The van der Waals surface area contributed by atoms with Crippen LogP contribution in [-0.4, -0.2) is 0 Å². The molecule has 0 saturated heterocycles. The smallest absolute Gasteiger partial charge is 0.358 e. The number of allylic oxidation sites excluding steroid dienone is 1. The first-order valence-corrected chi connectivity index (χ1v) is 5.68. The van der Waals surface area contributed by atoms with Crippen molar-refractivity contribution in [3.8, 4) is 0 Å². The second-order valence-corrected chi connectivity index (χ2v) is 4.38. The van der Waals surface area contributed by atoms with Gasteiger partial charge in [0.05, 0.1) is 0 Å². The van der Waals surface area contributed by atoms with E-state index in [0.29, 0.717) is 5.92 Å². The van der Waals surface area contributed by atoms with Crippen molar-refractivity contribution in [3.05, 3.63) is 62.4 Å². The summed E-state index contributed by atoms with van der Waals surface area (Å²) in [5.41, 5.74) is 4.01. The molecule has 0 bridgehead atoms. The molecule has 1 heteroatoms. The van der Waals surface area contributed by atoms with E-state index < -0.39 is 0 Å². The van der Waals surface area contributed by atoms with Gasteiger partial charge in [-0.2, -0.15) is 0 Å². The fourth-order valence-electron chi connectivity index (χ4n) is 0.951. The van der Waals surface area contributed by atoms with Gasteiger partial charge in [-0.05, 0) is 31.7 Å². The molecule has 0 fully saturated rings. The Bertz CT molecular complexity index is 283. The molecule has 0 aliphatic rings. The number of aryl methyl sites for hydroxylation is 1. The Morgan fingerprint density at radius 3 is 1.67 bits per heavy atom. The molecule has 0 amide bonds. The second-order valence-electron chi connectivity index (χ2n) is 4.38. The van der Waals surface area contributed by atoms with Crippen LogP contribution in [0.5, 0.6) is 0 Å². The van der Waals surface area contributed by atoms with Gasteiger partial charge in [-0.3, -0.25) is 0 Å². The second kappa shape index (κ2) is 14.6. The van der Waals surface area contributed by atoms with E-state index in [1.165, 1.54) is 16.7 Å². The molecular formula is C17H30Ru. The van der Waals surface area contributed by atoms with E-state index in [-0.39, 0.29) is 34.3 Å². The van der Waals surface area contributed by atoms with Gasteiger partial charge in [0.2, 0.25) is 0 Å². The van der Waals surface area contributed by atoms with E-state index in [9.17, 15) is 0 Å². The van der Waals surface area contributed by atoms with Crippen LogP contribution in [0.3, 0.4) is 0 Å². The minimum absolute atomic E-state index is 0. The van der Waals surface area contributed by atoms with E-state index in [2.05, 4.69) is 58.5 Å². The molecule has 0 heterocycles. The standard InChI is InChI=1S/C10H14.C5H10.2CH3.Ru/c1-8(2)10-6-4-9(3)5-7-10;1-4-5(2)3;;;/h4-8H,1-3H3;2,4H2,1,3H3;2*1H3;/q;;2*-1;+2. The van der Waals surface area contributed by atoms with Gasteiger partial charge in [-0.15, -0.1) is 6.58 Å². The van der Waals surface area contributed by atoms with Gasteiger partial charge in [0.1, 0.15) is 0 Å². The Morgan fingerprint density at radius 2 is 1.44 bits per heavy atom. The topological polar surface area (TPSA) is 0 Å². The third-order valence-corrected chi connectivity index (χ3v) is 2.35. The van der Waals surface area contributed by atoms with Crippen LogP contribution in [0.2, 0.25) is 0 Å². The molecule has 1 aromatic rings. The number of hydrogen-bond donors (Lipinski definition) is 0. The van der Waals surface area contributed by atoms with Gasteiger partial charge in [0.25, 0.3) is 0 Å². The average molecular weight is 335 g/mol. The number of hydrogen-bond acceptors (Lipinski definition) is 0. The Labute approximate surface area is 129 Å². The van der Waals surface area contributed by atoms with Gasteiger partial charge in [-0.1, -0.05) is 56.2 Å². The van der Waals surface area contributed by atoms with Gasteiger partial charge < -0.3 is 14.9 Å². The van der Waals surface area contributed by atoms with Crippen LogP contribution in [0.4, 0.5) is 0 Å². The predicted molar refractivity (Wildman–Crippen MR) is 83.2 cm³/mol. The fourth-order valence-corrected chi connectivity index (χ4v) is 0.951. The summed E-state index contributed by atoms with van der Waals surface area (Å²) in [6, 6.07) is 8.71. The molecule has 106 valence electrons. The Kier molecular flexibility index (Phi) is 21.3. The zero-order chi connectivity index (χ0) is 11.8. The van der Waals surface area contributed by atoms with Crippen molar-refractivity contribution in [2.24, 2.45) is 0 Å². The minimum atomic E-state index is 0. The van der Waals surface area contributed by atoms with Crippen LogP contribution in [0.25, 0.3) is 0 Å². The molecular weight excluding hydrogens is 305 g/mol. The third-order valence-electron chi connectivity index (χ3n) is 2.35. The van der Waals surface area contributed by atoms with E-state index in [0.717, 1.165) is 6.42 Å². The Balaban J connectivity index is -0.000000109. The quantitative estimate of drug-likeness (QED) is 0.354. The van der Waals surface area contributed by atoms with Crippen LogP contribution in [0.15, 0.2) is 36.4 Å². The molecule has 18 heavy (non-hydrogen) atoms. The maximum absolute atomic E-state index is 3.67. The predicted octanol–water partition coefficient (Wildman–Crippen LogP) is 5.99. The number of benzene rings is 1. The zero-order valence-corrected chi connectivity index (χ0v) is 14.9. The summed E-state index contributed by atoms with van der Waals surface area (Å²) in [7, 11) is 0. The van der Waals surface area contributed by atoms with Crippen LogP contribution < -0.4 is 0 Å². The molecule has 0 nitrogen and oxygen atoms in total. The van der Waals surface area contributed by atoms with Crippen molar-refractivity contribution in [3.63, 3.8) is 0 Å². The average Bonchev–Trinajstić information content (AvgIpc) is 2.19. The molecule has 0 radical (unpaired) electrons. The van der Waals surface area contributed by atoms with Crippen molar-refractivity contribution in [1.82, 2.24) is 0 Å². The van der Waals surface area contributed by atoms with Crippen molar-refractivity contribution in [1.29, 1.82) is 0 Å². The van der Waals surface area contributed by atoms with Crippen molar-refractivity contribution < 1.29 is 19.5 Å². The SMILES string of the molecule is C=C(C)CC.Cc1ccc(C(C)C)cc1.[CH3-].[CH3-].[Ru+2]. The third kappa shape index (κ3) is 13.6. The van der Waals surface area contributed by atoms with Crippen LogP contribution >= 0.6 is 0 Å². The summed E-state index contributed by atoms with van der Waals surface area (Å²) in [5.74, 6) is 0.653. The largest absolute Gasteiger partial charge is 2.00 e. The summed E-state index contributed by atoms with van der Waals surface area (Å²) in [6.45, 7) is 14.3. The summed E-state index contributed by atoms with van der Waals surface area (Å²) < 4.78 is 0. The molecule has 0 aliphatic heterocycles. The first-order chi connectivity index (χ1) is 6.97.